The van der Waals surface area contributed by atoms with Gasteiger partial charge in [-0.3, -0.25) is 0 Å². The van der Waals surface area contributed by atoms with Crippen LogP contribution in [0.25, 0.3) is 90.9 Å². The lowest BCUT2D eigenvalue weighted by molar-refractivity contribution is 1.31. The minimum absolute atomic E-state index is 0.696. The molecular weight excluding hydrogens is 639 g/mol. The molecule has 0 atom stereocenters. The van der Waals surface area contributed by atoms with Crippen LogP contribution in [0.15, 0.2) is 121 Å². The molecule has 5 heterocycles. The fraction of sp³-hybridized carbons (Fsp3) is 0.0222. The van der Waals surface area contributed by atoms with Gasteiger partial charge in [-0.1, -0.05) is 66.2 Å². The van der Waals surface area contributed by atoms with Gasteiger partial charge in [0.1, 0.15) is 0 Å². The molecule has 3 aromatic heterocycles. The molecule has 7 nitrogen and oxygen atoms in total. The summed E-state index contributed by atoms with van der Waals surface area (Å²) in [6.07, 6.45) is 8.37. The Morgan fingerprint density at radius 1 is 0.346 bits per heavy atom. The van der Waals surface area contributed by atoms with Gasteiger partial charge >= 0.3 is 0 Å². The predicted molar refractivity (Wildman–Crippen MR) is 219 cm³/mol. The molecule has 2 aliphatic heterocycles. The highest BCUT2D eigenvalue weighted by Gasteiger charge is 2.19. The molecule has 0 aliphatic carbocycles. The molecule has 7 heteroatoms. The van der Waals surface area contributed by atoms with E-state index in [0.29, 0.717) is 17.1 Å². The van der Waals surface area contributed by atoms with Gasteiger partial charge in [-0.2, -0.15) is 0 Å². The molecule has 0 saturated carbocycles. The summed E-state index contributed by atoms with van der Waals surface area (Å²) in [6.45, 7) is 2.10. The second kappa shape index (κ2) is 12.3. The Morgan fingerprint density at radius 2 is 0.596 bits per heavy atom. The summed E-state index contributed by atoms with van der Waals surface area (Å²) in [4.78, 5) is 18.2. The van der Waals surface area contributed by atoms with Crippen molar-refractivity contribution in [1.29, 1.82) is 0 Å². The van der Waals surface area contributed by atoms with Crippen molar-refractivity contribution in [2.45, 2.75) is 6.92 Å². The number of hydrogen-bond acceptors (Lipinski definition) is 5. The van der Waals surface area contributed by atoms with Crippen molar-refractivity contribution in [2.75, 3.05) is 17.2 Å². The smallest absolute Gasteiger partial charge is 0.0737 e. The third-order valence-electron chi connectivity index (χ3n) is 9.69. The quantitative estimate of drug-likeness (QED) is 0.118. The van der Waals surface area contributed by atoms with Gasteiger partial charge in [-0.05, 0) is 114 Å². The number of benzene rings is 4. The second-order valence-electron chi connectivity index (χ2n) is 13.2. The van der Waals surface area contributed by atoms with E-state index in [-0.39, 0.29) is 0 Å². The predicted octanol–water partition coefficient (Wildman–Crippen LogP) is 10.4. The first-order valence-electron chi connectivity index (χ1n) is 17.2. The average Bonchev–Trinajstić information content (AvgIpc) is 3.99. The number of fused-ring (bicyclic) bond motifs is 8. The van der Waals surface area contributed by atoms with Gasteiger partial charge in [0, 0.05) is 61.4 Å². The van der Waals surface area contributed by atoms with Gasteiger partial charge < -0.3 is 27.2 Å². The third kappa shape index (κ3) is 5.51. The molecule has 0 radical (unpaired) electrons. The lowest BCUT2D eigenvalue weighted by Gasteiger charge is -2.07. The molecule has 0 fully saturated rings. The molecule has 8 bridgehead atoms. The third-order valence-corrected chi connectivity index (χ3v) is 9.69. The summed E-state index contributed by atoms with van der Waals surface area (Å²) in [5, 5.41) is 0. The van der Waals surface area contributed by atoms with Crippen LogP contribution in [0.3, 0.4) is 0 Å². The lowest BCUT2D eigenvalue weighted by atomic mass is 10.0. The van der Waals surface area contributed by atoms with Crippen LogP contribution in [-0.4, -0.2) is 19.9 Å². The van der Waals surface area contributed by atoms with Crippen molar-refractivity contribution >= 4 is 63.4 Å². The first-order valence-corrected chi connectivity index (χ1v) is 17.2. The van der Waals surface area contributed by atoms with Gasteiger partial charge in [-0.15, -0.1) is 0 Å². The highest BCUT2D eigenvalue weighted by molar-refractivity contribution is 6.00. The first-order chi connectivity index (χ1) is 25.4. The monoisotopic (exact) mass is 673 g/mol. The minimum atomic E-state index is 0.696. The second-order valence-corrected chi connectivity index (χ2v) is 13.2. The number of aryl methyl sites for hydroxylation is 1. The number of hydrogen-bond donors (Lipinski definition) is 5. The van der Waals surface area contributed by atoms with E-state index in [9.17, 15) is 0 Å². The Labute approximate surface area is 300 Å². The van der Waals surface area contributed by atoms with E-state index in [1.165, 1.54) is 5.56 Å². The molecular formula is C45H35N7. The number of aromatic nitrogens is 4. The zero-order chi connectivity index (χ0) is 35.3. The van der Waals surface area contributed by atoms with Crippen molar-refractivity contribution in [3.63, 3.8) is 0 Å². The van der Waals surface area contributed by atoms with E-state index in [0.717, 1.165) is 89.4 Å². The van der Waals surface area contributed by atoms with Crippen LogP contribution >= 0.6 is 0 Å². The molecule has 250 valence electrons. The van der Waals surface area contributed by atoms with E-state index in [2.05, 4.69) is 89.7 Å². The Kier molecular flexibility index (Phi) is 7.33. The number of nitrogens with two attached hydrogens (primary N) is 3. The summed E-state index contributed by atoms with van der Waals surface area (Å²) in [6, 6.07) is 40.9. The van der Waals surface area contributed by atoms with Crippen LogP contribution in [0.1, 0.15) is 28.3 Å². The van der Waals surface area contributed by atoms with Gasteiger partial charge in [0.25, 0.3) is 0 Å². The molecule has 0 spiro atoms. The molecule has 7 aromatic rings. The Bertz CT molecular complexity index is 2360. The van der Waals surface area contributed by atoms with Crippen LogP contribution in [0, 0.1) is 6.92 Å². The van der Waals surface area contributed by atoms with Crippen LogP contribution in [-0.2, 0) is 0 Å². The topological polar surface area (TPSA) is 135 Å². The van der Waals surface area contributed by atoms with Crippen molar-refractivity contribution in [1.82, 2.24) is 19.9 Å². The van der Waals surface area contributed by atoms with Crippen LogP contribution in [0.5, 0.6) is 0 Å². The summed E-state index contributed by atoms with van der Waals surface area (Å²) in [5.74, 6) is 0. The molecule has 4 aromatic carbocycles. The van der Waals surface area contributed by atoms with Gasteiger partial charge in [0.15, 0.2) is 0 Å². The van der Waals surface area contributed by atoms with Crippen molar-refractivity contribution < 1.29 is 0 Å². The maximum Gasteiger partial charge on any atom is 0.0737 e. The van der Waals surface area contributed by atoms with E-state index in [4.69, 9.17) is 27.2 Å². The van der Waals surface area contributed by atoms with Gasteiger partial charge in [0.05, 0.1) is 22.8 Å². The Hall–Kier alpha value is -7.12. The lowest BCUT2D eigenvalue weighted by Crippen LogP contribution is -1.91. The van der Waals surface area contributed by atoms with E-state index >= 15 is 0 Å². The fourth-order valence-corrected chi connectivity index (χ4v) is 7.09. The van der Waals surface area contributed by atoms with E-state index < -0.39 is 0 Å². The number of H-pyrrole nitrogens is 2. The molecule has 52 heavy (non-hydrogen) atoms. The fourth-order valence-electron chi connectivity index (χ4n) is 7.09. The highest BCUT2D eigenvalue weighted by Crippen LogP contribution is 2.38. The standard InChI is InChI=1S/C45H35N7/c1-26-2-4-27(5-3-26)42-34-18-20-36(49-34)43(28-6-12-31(46)13-7-28)38-22-24-40(51-38)45(30-10-16-33(48)17-11-30)41-25-23-39(52-41)44(37-21-19-35(42)50-37)29-8-14-32(47)15-9-29/h2-25,49,52H,46-48H2,1H3. The molecule has 0 saturated heterocycles. The first kappa shape index (κ1) is 30.9. The van der Waals surface area contributed by atoms with Crippen molar-refractivity contribution in [2.24, 2.45) is 0 Å². The molecule has 0 unspecified atom stereocenters. The summed E-state index contributed by atoms with van der Waals surface area (Å²) >= 11 is 0. The largest absolute Gasteiger partial charge is 0.399 e. The Morgan fingerprint density at radius 3 is 0.865 bits per heavy atom. The number of anilines is 3. The molecule has 2 aliphatic rings. The van der Waals surface area contributed by atoms with Crippen molar-refractivity contribution in [3.05, 3.63) is 150 Å². The number of nitrogens with one attached hydrogen (secondary N) is 2. The maximum absolute atomic E-state index is 6.15. The van der Waals surface area contributed by atoms with E-state index in [1.54, 1.807) is 0 Å². The molecule has 9 rings (SSSR count). The average molecular weight is 674 g/mol. The summed E-state index contributed by atoms with van der Waals surface area (Å²) in [7, 11) is 0. The summed E-state index contributed by atoms with van der Waals surface area (Å²) < 4.78 is 0. The van der Waals surface area contributed by atoms with Gasteiger partial charge in [-0.25, -0.2) is 9.97 Å². The number of aromatic amines is 2. The van der Waals surface area contributed by atoms with Crippen LogP contribution < -0.4 is 17.2 Å². The van der Waals surface area contributed by atoms with Crippen LogP contribution in [0.4, 0.5) is 17.1 Å². The maximum atomic E-state index is 6.15. The zero-order valence-corrected chi connectivity index (χ0v) is 28.5. The minimum Gasteiger partial charge on any atom is -0.399 e. The number of nitrogen functional groups attached to an aromatic ring is 3. The summed E-state index contributed by atoms with van der Waals surface area (Å²) in [5.41, 5.74) is 36.7. The highest BCUT2D eigenvalue weighted by atomic mass is 14.8. The Balaban J connectivity index is 1.47. The normalized spacial score (nSPS) is 12.0. The zero-order valence-electron chi connectivity index (χ0n) is 28.5. The number of rotatable bonds is 4. The van der Waals surface area contributed by atoms with E-state index in [1.807, 2.05) is 72.8 Å². The number of nitrogens with zero attached hydrogens (tertiary/aromatic N) is 2. The molecule has 8 N–H and O–H groups in total. The SMILES string of the molecule is Cc1ccc(-c2c3nc(c(-c4ccc(N)cc4)c4ccc([nH]4)c(-c4ccc(N)cc4)c4nc(c(-c5ccc(N)cc5)c5ccc2[nH]5)C=C4)C=C3)cc1. The van der Waals surface area contributed by atoms with Crippen LogP contribution in [0.2, 0.25) is 0 Å². The van der Waals surface area contributed by atoms with Gasteiger partial charge in [0.2, 0.25) is 0 Å². The molecule has 0 amide bonds. The van der Waals surface area contributed by atoms with Crippen molar-refractivity contribution in [3.8, 4) is 44.5 Å².